The molecule has 0 spiro atoms. The lowest BCUT2D eigenvalue weighted by molar-refractivity contribution is 0.00730. The van der Waals surface area contributed by atoms with E-state index in [2.05, 4.69) is 25.8 Å². The van der Waals surface area contributed by atoms with Gasteiger partial charge in [-0.3, -0.25) is 4.90 Å². The maximum atomic E-state index is 6.00. The molecule has 2 heteroatoms. The standard InChI is InChI=1S/C16H32N2/c1-16(2)11-7-6-10-15(16)18(3)14-9-5-4-8-13(14)12-17/h13-15H,4-12,17H2,1-3H3. The molecule has 0 aromatic heterocycles. The van der Waals surface area contributed by atoms with Crippen molar-refractivity contribution >= 4 is 0 Å². The van der Waals surface area contributed by atoms with Crippen LogP contribution in [0.15, 0.2) is 0 Å². The van der Waals surface area contributed by atoms with E-state index in [0.29, 0.717) is 5.41 Å². The van der Waals surface area contributed by atoms with Crippen LogP contribution in [0.5, 0.6) is 0 Å². The summed E-state index contributed by atoms with van der Waals surface area (Å²) in [5.74, 6) is 0.737. The van der Waals surface area contributed by atoms with Gasteiger partial charge in [-0.25, -0.2) is 0 Å². The summed E-state index contributed by atoms with van der Waals surface area (Å²) in [6.07, 6.45) is 11.1. The molecule has 2 fully saturated rings. The summed E-state index contributed by atoms with van der Waals surface area (Å²) < 4.78 is 0. The Bertz CT molecular complexity index is 262. The summed E-state index contributed by atoms with van der Waals surface area (Å²) in [6.45, 7) is 5.81. The van der Waals surface area contributed by atoms with Crippen LogP contribution in [0.1, 0.15) is 65.2 Å². The van der Waals surface area contributed by atoms with Crippen LogP contribution in [0.3, 0.4) is 0 Å². The van der Waals surface area contributed by atoms with Gasteiger partial charge in [-0.2, -0.15) is 0 Å². The molecule has 2 N–H and O–H groups in total. The van der Waals surface area contributed by atoms with E-state index in [4.69, 9.17) is 5.73 Å². The lowest BCUT2D eigenvalue weighted by Crippen LogP contribution is -2.53. The fraction of sp³-hybridized carbons (Fsp3) is 1.00. The zero-order chi connectivity index (χ0) is 13.2. The van der Waals surface area contributed by atoms with E-state index in [-0.39, 0.29) is 0 Å². The van der Waals surface area contributed by atoms with E-state index < -0.39 is 0 Å². The van der Waals surface area contributed by atoms with E-state index >= 15 is 0 Å². The topological polar surface area (TPSA) is 29.3 Å². The number of rotatable bonds is 3. The minimum absolute atomic E-state index is 0.490. The van der Waals surface area contributed by atoms with Crippen LogP contribution in [0.25, 0.3) is 0 Å². The minimum Gasteiger partial charge on any atom is -0.330 e. The Morgan fingerprint density at radius 3 is 2.39 bits per heavy atom. The normalized spacial score (nSPS) is 36.8. The van der Waals surface area contributed by atoms with Gasteiger partial charge in [0.25, 0.3) is 0 Å². The van der Waals surface area contributed by atoms with Crippen molar-refractivity contribution in [3.8, 4) is 0 Å². The highest BCUT2D eigenvalue weighted by Crippen LogP contribution is 2.41. The Labute approximate surface area is 113 Å². The SMILES string of the molecule is CN(C1CCCCC1CN)C1CCCCC1(C)C. The van der Waals surface area contributed by atoms with Crippen molar-refractivity contribution in [1.29, 1.82) is 0 Å². The predicted molar refractivity (Wildman–Crippen MR) is 78.6 cm³/mol. The average molecular weight is 252 g/mol. The molecule has 2 aliphatic rings. The van der Waals surface area contributed by atoms with Gasteiger partial charge >= 0.3 is 0 Å². The van der Waals surface area contributed by atoms with E-state index in [9.17, 15) is 0 Å². The van der Waals surface area contributed by atoms with E-state index in [1.165, 1.54) is 51.4 Å². The number of nitrogens with two attached hydrogens (primary N) is 1. The van der Waals surface area contributed by atoms with Gasteiger partial charge < -0.3 is 5.73 Å². The average Bonchev–Trinajstić information content (AvgIpc) is 2.37. The molecule has 2 rings (SSSR count). The summed E-state index contributed by atoms with van der Waals surface area (Å²) in [4.78, 5) is 2.72. The first-order valence-corrected chi connectivity index (χ1v) is 7.98. The molecular formula is C16H32N2. The molecule has 0 aromatic rings. The van der Waals surface area contributed by atoms with Gasteiger partial charge in [-0.05, 0) is 50.6 Å². The van der Waals surface area contributed by atoms with Crippen molar-refractivity contribution in [2.75, 3.05) is 13.6 Å². The van der Waals surface area contributed by atoms with Crippen molar-refractivity contribution in [1.82, 2.24) is 4.90 Å². The Hall–Kier alpha value is -0.0800. The van der Waals surface area contributed by atoms with E-state index in [0.717, 1.165) is 24.5 Å². The molecule has 2 aliphatic carbocycles. The molecule has 18 heavy (non-hydrogen) atoms. The third kappa shape index (κ3) is 2.91. The van der Waals surface area contributed by atoms with Gasteiger partial charge in [0, 0.05) is 12.1 Å². The molecule has 0 amide bonds. The summed E-state index contributed by atoms with van der Waals surface area (Å²) in [5.41, 5.74) is 6.49. The van der Waals surface area contributed by atoms with Crippen LogP contribution in [-0.4, -0.2) is 30.6 Å². The maximum Gasteiger partial charge on any atom is 0.0146 e. The van der Waals surface area contributed by atoms with E-state index in [1.54, 1.807) is 0 Å². The van der Waals surface area contributed by atoms with Gasteiger partial charge in [-0.15, -0.1) is 0 Å². The summed E-state index contributed by atoms with van der Waals surface area (Å²) in [7, 11) is 2.37. The first-order valence-electron chi connectivity index (χ1n) is 7.98. The van der Waals surface area contributed by atoms with Gasteiger partial charge in [0.2, 0.25) is 0 Å². The number of hydrogen-bond acceptors (Lipinski definition) is 2. The second kappa shape index (κ2) is 5.92. The number of nitrogens with zero attached hydrogens (tertiary/aromatic N) is 1. The molecule has 0 bridgehead atoms. The molecule has 0 heterocycles. The highest BCUT2D eigenvalue weighted by molar-refractivity contribution is 4.93. The zero-order valence-electron chi connectivity index (χ0n) is 12.6. The van der Waals surface area contributed by atoms with Crippen LogP contribution in [-0.2, 0) is 0 Å². The Balaban J connectivity index is 2.06. The Morgan fingerprint density at radius 1 is 1.06 bits per heavy atom. The van der Waals surface area contributed by atoms with Gasteiger partial charge in [0.15, 0.2) is 0 Å². The molecule has 3 unspecified atom stereocenters. The molecule has 0 aliphatic heterocycles. The largest absolute Gasteiger partial charge is 0.330 e. The molecule has 0 radical (unpaired) electrons. The van der Waals surface area contributed by atoms with Crippen molar-refractivity contribution in [3.63, 3.8) is 0 Å². The lowest BCUT2D eigenvalue weighted by atomic mass is 9.71. The van der Waals surface area contributed by atoms with Crippen LogP contribution in [0, 0.1) is 11.3 Å². The second-order valence-corrected chi connectivity index (χ2v) is 7.26. The zero-order valence-corrected chi connectivity index (χ0v) is 12.6. The molecule has 2 nitrogen and oxygen atoms in total. The summed E-state index contributed by atoms with van der Waals surface area (Å²) >= 11 is 0. The number of hydrogen-bond donors (Lipinski definition) is 1. The van der Waals surface area contributed by atoms with Crippen molar-refractivity contribution in [2.24, 2.45) is 17.1 Å². The van der Waals surface area contributed by atoms with Crippen molar-refractivity contribution in [2.45, 2.75) is 77.3 Å². The highest BCUT2D eigenvalue weighted by atomic mass is 15.2. The van der Waals surface area contributed by atoms with Crippen LogP contribution in [0.2, 0.25) is 0 Å². The first kappa shape index (κ1) is 14.3. The predicted octanol–water partition coefficient (Wildman–Crippen LogP) is 3.40. The van der Waals surface area contributed by atoms with E-state index in [1.807, 2.05) is 0 Å². The van der Waals surface area contributed by atoms with Crippen LogP contribution >= 0.6 is 0 Å². The summed E-state index contributed by atoms with van der Waals surface area (Å²) in [5, 5.41) is 0. The molecule has 0 saturated heterocycles. The highest BCUT2D eigenvalue weighted by Gasteiger charge is 2.39. The molecule has 106 valence electrons. The van der Waals surface area contributed by atoms with Gasteiger partial charge in [0.05, 0.1) is 0 Å². The fourth-order valence-electron chi connectivity index (χ4n) is 4.46. The Kier molecular flexibility index (Phi) is 4.71. The smallest absolute Gasteiger partial charge is 0.0146 e. The molecule has 2 saturated carbocycles. The monoisotopic (exact) mass is 252 g/mol. The first-order chi connectivity index (χ1) is 8.56. The van der Waals surface area contributed by atoms with Crippen molar-refractivity contribution < 1.29 is 0 Å². The Morgan fingerprint density at radius 2 is 1.72 bits per heavy atom. The molecular weight excluding hydrogens is 220 g/mol. The summed E-state index contributed by atoms with van der Waals surface area (Å²) in [6, 6.07) is 1.51. The third-order valence-electron chi connectivity index (χ3n) is 5.64. The van der Waals surface area contributed by atoms with Crippen LogP contribution in [0.4, 0.5) is 0 Å². The maximum absolute atomic E-state index is 6.00. The fourth-order valence-corrected chi connectivity index (χ4v) is 4.46. The van der Waals surface area contributed by atoms with Crippen molar-refractivity contribution in [3.05, 3.63) is 0 Å². The minimum atomic E-state index is 0.490. The third-order valence-corrected chi connectivity index (χ3v) is 5.64. The van der Waals surface area contributed by atoms with Gasteiger partial charge in [0.1, 0.15) is 0 Å². The van der Waals surface area contributed by atoms with Gasteiger partial charge in [-0.1, -0.05) is 39.5 Å². The molecule has 3 atom stereocenters. The second-order valence-electron chi connectivity index (χ2n) is 7.26. The van der Waals surface area contributed by atoms with Crippen LogP contribution < -0.4 is 5.73 Å². The lowest BCUT2D eigenvalue weighted by Gasteiger charge is -2.49. The molecule has 0 aromatic carbocycles. The quantitative estimate of drug-likeness (QED) is 0.834.